The Balaban J connectivity index is 1.73. The van der Waals surface area contributed by atoms with Gasteiger partial charge in [-0.2, -0.15) is 0 Å². The van der Waals surface area contributed by atoms with Crippen LogP contribution in [0.4, 0.5) is 8.78 Å². The molecule has 34 heavy (non-hydrogen) atoms. The van der Waals surface area contributed by atoms with E-state index in [1.807, 2.05) is 12.1 Å². The number of fused-ring (bicyclic) bond motifs is 3. The van der Waals surface area contributed by atoms with Crippen molar-refractivity contribution in [1.82, 2.24) is 10.6 Å². The molecule has 1 amide bonds. The highest BCUT2D eigenvalue weighted by Gasteiger charge is 2.79. The van der Waals surface area contributed by atoms with Gasteiger partial charge >= 0.3 is 5.97 Å². The zero-order valence-electron chi connectivity index (χ0n) is 18.6. The summed E-state index contributed by atoms with van der Waals surface area (Å²) in [5, 5.41) is 7.39. The van der Waals surface area contributed by atoms with Gasteiger partial charge in [0, 0.05) is 32.8 Å². The molecule has 2 unspecified atom stereocenters. The number of nitrogens with one attached hydrogen (secondary N) is 2. The van der Waals surface area contributed by atoms with Crippen LogP contribution in [0, 0.1) is 16.7 Å². The zero-order chi connectivity index (χ0) is 24.3. The van der Waals surface area contributed by atoms with Crippen molar-refractivity contribution in [3.05, 3.63) is 58.1 Å². The van der Waals surface area contributed by atoms with Gasteiger partial charge in [0.05, 0.1) is 31.4 Å². The van der Waals surface area contributed by atoms with E-state index in [4.69, 9.17) is 27.9 Å². The van der Waals surface area contributed by atoms with Crippen molar-refractivity contribution in [2.24, 2.45) is 16.7 Å². The number of hydrogen-bond acceptors (Lipinski definition) is 4. The fraction of sp³-hybridized carbons (Fsp3) is 0.520. The molecule has 0 aromatic heterocycles. The number of carbonyl (C=O) groups excluding carboxylic acids is 2. The largest absolute Gasteiger partial charge is 0.465 e. The van der Waals surface area contributed by atoms with Crippen molar-refractivity contribution in [2.45, 2.75) is 43.3 Å². The van der Waals surface area contributed by atoms with E-state index in [-0.39, 0.29) is 25.4 Å². The van der Waals surface area contributed by atoms with Crippen molar-refractivity contribution in [2.75, 3.05) is 20.0 Å². The Morgan fingerprint density at radius 2 is 1.97 bits per heavy atom. The van der Waals surface area contributed by atoms with Crippen LogP contribution in [0.2, 0.25) is 5.02 Å². The highest BCUT2D eigenvalue weighted by molar-refractivity contribution is 6.31. The molecule has 2 saturated heterocycles. The number of carbonyl (C=O) groups is 2. The first kappa shape index (κ1) is 23.8. The van der Waals surface area contributed by atoms with Crippen LogP contribution in [-0.2, 0) is 14.3 Å². The van der Waals surface area contributed by atoms with E-state index in [1.165, 1.54) is 0 Å². The van der Waals surface area contributed by atoms with E-state index in [0.29, 0.717) is 15.6 Å². The molecule has 1 aromatic carbocycles. The molecule has 1 saturated carbocycles. The van der Waals surface area contributed by atoms with Crippen LogP contribution in [-0.4, -0.2) is 49.5 Å². The molecule has 9 heteroatoms. The molecule has 0 radical (unpaired) electrons. The smallest absolute Gasteiger partial charge is 0.323 e. The van der Waals surface area contributed by atoms with Crippen LogP contribution in [0.5, 0.6) is 0 Å². The molecule has 182 valence electrons. The molecule has 5 rings (SSSR count). The van der Waals surface area contributed by atoms with E-state index in [0.717, 1.165) is 0 Å². The highest BCUT2D eigenvalue weighted by atomic mass is 35.5. The molecule has 2 heterocycles. The Hall–Kier alpha value is -1.96. The molecule has 4 aliphatic rings. The van der Waals surface area contributed by atoms with Crippen LogP contribution in [0.25, 0.3) is 0 Å². The quantitative estimate of drug-likeness (QED) is 0.582. The first-order chi connectivity index (χ1) is 16.3. The summed E-state index contributed by atoms with van der Waals surface area (Å²) >= 11 is 12.6. The summed E-state index contributed by atoms with van der Waals surface area (Å²) in [6.07, 6.45) is 5.56. The van der Waals surface area contributed by atoms with Crippen LogP contribution < -0.4 is 10.6 Å². The number of ether oxygens (including phenoxy) is 1. The van der Waals surface area contributed by atoms with Gasteiger partial charge in [-0.1, -0.05) is 41.4 Å². The highest BCUT2D eigenvalue weighted by Crippen LogP contribution is 2.70. The van der Waals surface area contributed by atoms with Gasteiger partial charge in [0.1, 0.15) is 6.04 Å². The number of rotatable bonds is 5. The SMILES string of the molecule is CCOC(=O)[C@@H]1NC2(CC(CF)(CF)C2)[C@@]2(C(=O)NC3C=C(Cl)C=CC32)[C@H]1c1cccc(Cl)c1. The molecule has 0 bridgehead atoms. The van der Waals surface area contributed by atoms with E-state index in [9.17, 15) is 18.4 Å². The third-order valence-electron chi connectivity index (χ3n) is 8.10. The van der Waals surface area contributed by atoms with Gasteiger partial charge in [-0.3, -0.25) is 23.7 Å². The molecule has 2 aliphatic heterocycles. The van der Waals surface area contributed by atoms with Crippen molar-refractivity contribution < 1.29 is 23.1 Å². The molecule has 1 aromatic rings. The number of benzene rings is 1. The van der Waals surface area contributed by atoms with Crippen molar-refractivity contribution in [1.29, 1.82) is 0 Å². The van der Waals surface area contributed by atoms with Crippen molar-refractivity contribution >= 4 is 35.1 Å². The minimum absolute atomic E-state index is 0.0852. The number of amides is 1. The van der Waals surface area contributed by atoms with Gasteiger partial charge in [-0.25, -0.2) is 0 Å². The summed E-state index contributed by atoms with van der Waals surface area (Å²) in [5.74, 6) is -1.85. The number of allylic oxidation sites excluding steroid dienone is 2. The van der Waals surface area contributed by atoms with Crippen molar-refractivity contribution in [3.63, 3.8) is 0 Å². The number of alkyl halides is 2. The first-order valence-electron chi connectivity index (χ1n) is 11.4. The lowest BCUT2D eigenvalue weighted by Crippen LogP contribution is -2.70. The van der Waals surface area contributed by atoms with Crippen LogP contribution in [0.15, 0.2) is 47.5 Å². The van der Waals surface area contributed by atoms with Gasteiger partial charge in [0.15, 0.2) is 0 Å². The Kier molecular flexibility index (Phi) is 5.81. The van der Waals surface area contributed by atoms with Gasteiger partial charge in [0.25, 0.3) is 0 Å². The molecule has 5 atom stereocenters. The minimum Gasteiger partial charge on any atom is -0.465 e. The minimum atomic E-state index is -1.21. The Morgan fingerprint density at radius 3 is 2.62 bits per heavy atom. The molecule has 2 spiro atoms. The third kappa shape index (κ3) is 3.12. The number of halogens is 4. The van der Waals surface area contributed by atoms with E-state index < -0.39 is 59.6 Å². The van der Waals surface area contributed by atoms with Crippen LogP contribution >= 0.6 is 23.2 Å². The average Bonchev–Trinajstić information content (AvgIpc) is 3.25. The fourth-order valence-electron chi connectivity index (χ4n) is 7.01. The monoisotopic (exact) mass is 510 g/mol. The normalized spacial score (nSPS) is 34.5. The Morgan fingerprint density at radius 1 is 1.24 bits per heavy atom. The topological polar surface area (TPSA) is 67.4 Å². The van der Waals surface area contributed by atoms with Crippen LogP contribution in [0.1, 0.15) is 31.2 Å². The summed E-state index contributed by atoms with van der Waals surface area (Å²) in [5.41, 5.74) is -2.72. The van der Waals surface area contributed by atoms with Crippen molar-refractivity contribution in [3.8, 4) is 0 Å². The molecule has 5 nitrogen and oxygen atoms in total. The predicted molar refractivity (Wildman–Crippen MR) is 125 cm³/mol. The van der Waals surface area contributed by atoms with Gasteiger partial charge in [-0.15, -0.1) is 0 Å². The van der Waals surface area contributed by atoms with Crippen LogP contribution in [0.3, 0.4) is 0 Å². The lowest BCUT2D eigenvalue weighted by atomic mass is 9.44. The first-order valence-corrected chi connectivity index (χ1v) is 12.2. The fourth-order valence-corrected chi connectivity index (χ4v) is 7.42. The molecule has 2 N–H and O–H groups in total. The van der Waals surface area contributed by atoms with Gasteiger partial charge in [0.2, 0.25) is 5.91 Å². The average molecular weight is 511 g/mol. The summed E-state index contributed by atoms with van der Waals surface area (Å²) < 4.78 is 33.4. The summed E-state index contributed by atoms with van der Waals surface area (Å²) in [7, 11) is 0. The van der Waals surface area contributed by atoms with E-state index in [1.54, 1.807) is 37.3 Å². The second kappa shape index (κ2) is 8.32. The second-order valence-corrected chi connectivity index (χ2v) is 10.8. The molecule has 2 aliphatic carbocycles. The maximum Gasteiger partial charge on any atom is 0.323 e. The Labute approximate surface area is 206 Å². The molecular formula is C25H26Cl2F2N2O3. The molecule has 3 fully saturated rings. The number of hydrogen-bond donors (Lipinski definition) is 2. The summed E-state index contributed by atoms with van der Waals surface area (Å²) in [6, 6.07) is 5.76. The second-order valence-electron chi connectivity index (χ2n) is 9.91. The van der Waals surface area contributed by atoms with Gasteiger partial charge < -0.3 is 10.1 Å². The van der Waals surface area contributed by atoms with E-state index >= 15 is 0 Å². The van der Waals surface area contributed by atoms with E-state index in [2.05, 4.69) is 10.6 Å². The summed E-state index contributed by atoms with van der Waals surface area (Å²) in [4.78, 5) is 27.3. The molecular weight excluding hydrogens is 485 g/mol. The standard InChI is InChI=1S/C25H26Cl2F2N2O3/c1-2-34-21(32)20-19(14-4-3-5-15(26)8-14)25(24(31-20)10-23(11-24,12-28)13-29)17-7-6-16(27)9-18(17)30-22(25)33/h3-9,17-20,31H,2,10-13H2,1H3,(H,30,33)/t17?,18?,19-,20+,25+/m0/s1. The zero-order valence-corrected chi connectivity index (χ0v) is 20.1. The third-order valence-corrected chi connectivity index (χ3v) is 8.59. The van der Waals surface area contributed by atoms with Gasteiger partial charge in [-0.05, 0) is 49.6 Å². The number of esters is 1. The lowest BCUT2D eigenvalue weighted by Gasteiger charge is -2.60. The lowest BCUT2D eigenvalue weighted by molar-refractivity contribution is -0.147. The maximum atomic E-state index is 14.0. The summed E-state index contributed by atoms with van der Waals surface area (Å²) in [6.45, 7) is 0.190. The maximum absolute atomic E-state index is 14.0. The predicted octanol–water partition coefficient (Wildman–Crippen LogP) is 4.21. The Bertz CT molecular complexity index is 1080.